The number of carboxylic acids is 1. The minimum atomic E-state index is -1.02. The largest absolute Gasteiger partial charge is 0.506 e. The van der Waals surface area contributed by atoms with Crippen LogP contribution in [0, 0.1) is 0 Å². The Hall–Kier alpha value is -2.30. The molecule has 1 aromatic carbocycles. The number of aromatic carboxylic acids is 1. The second-order valence-electron chi connectivity index (χ2n) is 5.36. The maximum atomic E-state index is 11.3. The van der Waals surface area contributed by atoms with Crippen molar-refractivity contribution in [2.24, 2.45) is 0 Å². The van der Waals surface area contributed by atoms with E-state index in [0.717, 1.165) is 0 Å². The summed E-state index contributed by atoms with van der Waals surface area (Å²) in [6.07, 6.45) is 1.31. The van der Waals surface area contributed by atoms with E-state index in [-0.39, 0.29) is 11.3 Å². The number of benzene rings is 1. The molecule has 0 aliphatic carbocycles. The van der Waals surface area contributed by atoms with Crippen LogP contribution < -0.4 is 0 Å². The van der Waals surface area contributed by atoms with Crippen LogP contribution in [-0.4, -0.2) is 26.0 Å². The van der Waals surface area contributed by atoms with Crippen LogP contribution in [0.3, 0.4) is 0 Å². The van der Waals surface area contributed by atoms with Gasteiger partial charge in [-0.2, -0.15) is 5.10 Å². The molecule has 2 rings (SSSR count). The van der Waals surface area contributed by atoms with Gasteiger partial charge < -0.3 is 10.2 Å². The lowest BCUT2D eigenvalue weighted by Crippen LogP contribution is -2.21. The summed E-state index contributed by atoms with van der Waals surface area (Å²) < 4.78 is 1.48. The molecule has 2 aromatic rings. The number of carbonyl (C=O) groups is 1. The third-order valence-corrected chi connectivity index (χ3v) is 2.82. The number of nitrogens with zero attached hydrogens (tertiary/aromatic N) is 2. The highest BCUT2D eigenvalue weighted by molar-refractivity contribution is 5.89. The van der Waals surface area contributed by atoms with Gasteiger partial charge in [-0.05, 0) is 12.1 Å². The van der Waals surface area contributed by atoms with E-state index in [9.17, 15) is 15.0 Å². The average molecular weight is 260 g/mol. The minimum absolute atomic E-state index is 0.0630. The first-order valence-corrected chi connectivity index (χ1v) is 5.92. The molecule has 0 unspecified atom stereocenters. The van der Waals surface area contributed by atoms with Crippen molar-refractivity contribution in [2.45, 2.75) is 26.2 Å². The van der Waals surface area contributed by atoms with Gasteiger partial charge in [0.1, 0.15) is 17.0 Å². The molecule has 0 amide bonds. The fourth-order valence-corrected chi connectivity index (χ4v) is 2.05. The molecule has 19 heavy (non-hydrogen) atoms. The molecule has 0 aliphatic rings. The average Bonchev–Trinajstić information content (AvgIpc) is 2.73. The molecule has 100 valence electrons. The zero-order chi connectivity index (χ0) is 14.2. The summed E-state index contributed by atoms with van der Waals surface area (Å²) in [6, 6.07) is 6.72. The van der Waals surface area contributed by atoms with Gasteiger partial charge >= 0.3 is 5.97 Å². The van der Waals surface area contributed by atoms with Crippen molar-refractivity contribution in [2.75, 3.05) is 0 Å². The van der Waals surface area contributed by atoms with Gasteiger partial charge in [0.05, 0.1) is 11.9 Å². The third-order valence-electron chi connectivity index (χ3n) is 2.82. The van der Waals surface area contributed by atoms with Gasteiger partial charge in [0.2, 0.25) is 0 Å². The molecular formula is C14H16N2O3. The molecule has 0 radical (unpaired) electrons. The summed E-state index contributed by atoms with van der Waals surface area (Å²) in [5.74, 6) is -0.959. The van der Waals surface area contributed by atoms with Crippen molar-refractivity contribution in [3.63, 3.8) is 0 Å². The molecule has 0 spiro atoms. The Kier molecular flexibility index (Phi) is 3.06. The highest BCUT2D eigenvalue weighted by atomic mass is 16.4. The van der Waals surface area contributed by atoms with Crippen molar-refractivity contribution in [3.8, 4) is 11.4 Å². The first-order chi connectivity index (χ1) is 8.82. The molecule has 0 saturated heterocycles. The Morgan fingerprint density at radius 1 is 1.26 bits per heavy atom. The summed E-state index contributed by atoms with van der Waals surface area (Å²) in [5, 5.41) is 23.2. The Labute approximate surface area is 111 Å². The Morgan fingerprint density at radius 3 is 2.42 bits per heavy atom. The molecule has 0 atom stereocenters. The van der Waals surface area contributed by atoms with Crippen LogP contribution in [0.25, 0.3) is 5.69 Å². The SMILES string of the molecule is CC(C)(C)c1c(C(=O)O)cnn1-c1ccccc1O. The van der Waals surface area contributed by atoms with Crippen LogP contribution in [0.1, 0.15) is 36.8 Å². The van der Waals surface area contributed by atoms with Gasteiger partial charge in [-0.3, -0.25) is 0 Å². The normalized spacial score (nSPS) is 11.5. The number of carboxylic acid groups (broad SMARTS) is 1. The van der Waals surface area contributed by atoms with Crippen molar-refractivity contribution in [3.05, 3.63) is 41.7 Å². The molecule has 2 N–H and O–H groups in total. The quantitative estimate of drug-likeness (QED) is 0.870. The Bertz CT molecular complexity index is 624. The molecule has 0 saturated carbocycles. The van der Waals surface area contributed by atoms with E-state index in [0.29, 0.717) is 11.4 Å². The standard InChI is InChI=1S/C14H16N2O3/c1-14(2,3)12-9(13(18)19)8-15-16(12)10-6-4-5-7-11(10)17/h4-8,17H,1-3H3,(H,18,19). The first kappa shape index (κ1) is 13.1. The molecule has 0 bridgehead atoms. The van der Waals surface area contributed by atoms with Gasteiger partial charge in [0.15, 0.2) is 0 Å². The zero-order valence-corrected chi connectivity index (χ0v) is 11.1. The lowest BCUT2D eigenvalue weighted by molar-refractivity contribution is 0.0694. The highest BCUT2D eigenvalue weighted by Crippen LogP contribution is 2.31. The number of hydrogen-bond acceptors (Lipinski definition) is 3. The zero-order valence-electron chi connectivity index (χ0n) is 11.1. The number of para-hydroxylation sites is 2. The van der Waals surface area contributed by atoms with E-state index < -0.39 is 11.4 Å². The molecule has 1 aromatic heterocycles. The second kappa shape index (κ2) is 4.42. The minimum Gasteiger partial charge on any atom is -0.506 e. The Balaban J connectivity index is 2.73. The van der Waals surface area contributed by atoms with Crippen LogP contribution >= 0.6 is 0 Å². The van der Waals surface area contributed by atoms with E-state index >= 15 is 0 Å². The number of aromatic hydroxyl groups is 1. The van der Waals surface area contributed by atoms with Gasteiger partial charge in [0, 0.05) is 5.41 Å². The number of phenols is 1. The molecular weight excluding hydrogens is 244 g/mol. The van der Waals surface area contributed by atoms with E-state index in [4.69, 9.17) is 0 Å². The monoisotopic (exact) mass is 260 g/mol. The smallest absolute Gasteiger partial charge is 0.339 e. The number of aromatic nitrogens is 2. The lowest BCUT2D eigenvalue weighted by Gasteiger charge is -2.21. The van der Waals surface area contributed by atoms with Crippen molar-refractivity contribution in [1.82, 2.24) is 9.78 Å². The lowest BCUT2D eigenvalue weighted by atomic mass is 9.89. The van der Waals surface area contributed by atoms with Crippen LogP contribution in [0.2, 0.25) is 0 Å². The summed E-state index contributed by atoms with van der Waals surface area (Å²) >= 11 is 0. The van der Waals surface area contributed by atoms with Gasteiger partial charge in [-0.1, -0.05) is 32.9 Å². The van der Waals surface area contributed by atoms with Crippen LogP contribution in [0.5, 0.6) is 5.75 Å². The van der Waals surface area contributed by atoms with Gasteiger partial charge in [-0.15, -0.1) is 0 Å². The summed E-state index contributed by atoms with van der Waals surface area (Å²) in [6.45, 7) is 5.73. The maximum Gasteiger partial charge on any atom is 0.339 e. The van der Waals surface area contributed by atoms with E-state index in [1.54, 1.807) is 24.3 Å². The van der Waals surface area contributed by atoms with E-state index in [1.165, 1.54) is 10.9 Å². The topological polar surface area (TPSA) is 75.3 Å². The summed E-state index contributed by atoms with van der Waals surface area (Å²) in [4.78, 5) is 11.3. The number of rotatable bonds is 2. The van der Waals surface area contributed by atoms with Crippen LogP contribution in [0.4, 0.5) is 0 Å². The van der Waals surface area contributed by atoms with Crippen molar-refractivity contribution in [1.29, 1.82) is 0 Å². The molecule has 5 heteroatoms. The molecule has 1 heterocycles. The van der Waals surface area contributed by atoms with Crippen LogP contribution in [0.15, 0.2) is 30.5 Å². The van der Waals surface area contributed by atoms with Gasteiger partial charge in [0.25, 0.3) is 0 Å². The Morgan fingerprint density at radius 2 is 1.89 bits per heavy atom. The maximum absolute atomic E-state index is 11.3. The number of phenolic OH excluding ortho intramolecular Hbond substituents is 1. The summed E-state index contributed by atoms with van der Waals surface area (Å²) in [7, 11) is 0. The van der Waals surface area contributed by atoms with E-state index in [1.807, 2.05) is 20.8 Å². The third kappa shape index (κ3) is 2.31. The van der Waals surface area contributed by atoms with Crippen molar-refractivity contribution >= 4 is 5.97 Å². The predicted molar refractivity (Wildman–Crippen MR) is 70.9 cm³/mol. The summed E-state index contributed by atoms with van der Waals surface area (Å²) in [5.41, 5.74) is 0.768. The molecule has 5 nitrogen and oxygen atoms in total. The van der Waals surface area contributed by atoms with Gasteiger partial charge in [-0.25, -0.2) is 9.48 Å². The van der Waals surface area contributed by atoms with Crippen molar-refractivity contribution < 1.29 is 15.0 Å². The molecule has 0 fully saturated rings. The highest BCUT2D eigenvalue weighted by Gasteiger charge is 2.28. The second-order valence-corrected chi connectivity index (χ2v) is 5.36. The fourth-order valence-electron chi connectivity index (χ4n) is 2.05. The first-order valence-electron chi connectivity index (χ1n) is 5.92. The van der Waals surface area contributed by atoms with Crippen LogP contribution in [-0.2, 0) is 5.41 Å². The number of hydrogen-bond donors (Lipinski definition) is 2. The van der Waals surface area contributed by atoms with E-state index in [2.05, 4.69) is 5.10 Å². The predicted octanol–water partition coefficient (Wildman–Crippen LogP) is 2.57. The molecule has 0 aliphatic heterocycles. The fraction of sp³-hybridized carbons (Fsp3) is 0.286.